The second kappa shape index (κ2) is 4.69. The van der Waals surface area contributed by atoms with E-state index >= 15 is 0 Å². The summed E-state index contributed by atoms with van der Waals surface area (Å²) in [5.74, 6) is -2.70. The zero-order valence-electron chi connectivity index (χ0n) is 10.9. The molecule has 3 aromatic rings. The summed E-state index contributed by atoms with van der Waals surface area (Å²) >= 11 is 0. The van der Waals surface area contributed by atoms with Crippen molar-refractivity contribution in [3.05, 3.63) is 47.8 Å². The number of nitrogens with two attached hydrogens (primary N) is 1. The lowest BCUT2D eigenvalue weighted by atomic mass is 10.2. The number of methoxy groups -OCH3 is 1. The highest BCUT2D eigenvalue weighted by molar-refractivity contribution is 5.82. The van der Waals surface area contributed by atoms with E-state index in [9.17, 15) is 13.2 Å². The number of ether oxygens (including phenoxy) is 1. The molecule has 7 heteroatoms. The van der Waals surface area contributed by atoms with Crippen LogP contribution in [0.15, 0.2) is 30.3 Å². The zero-order valence-corrected chi connectivity index (χ0v) is 10.9. The topological polar surface area (TPSA) is 53.1 Å². The van der Waals surface area contributed by atoms with E-state index in [2.05, 4.69) is 4.98 Å². The molecule has 21 heavy (non-hydrogen) atoms. The van der Waals surface area contributed by atoms with Gasteiger partial charge in [-0.2, -0.15) is 0 Å². The van der Waals surface area contributed by atoms with Crippen molar-refractivity contribution >= 4 is 17.0 Å². The summed E-state index contributed by atoms with van der Waals surface area (Å²) in [6, 6.07) is 5.95. The lowest BCUT2D eigenvalue weighted by Gasteiger charge is -2.09. The maximum Gasteiger partial charge on any atom is 0.206 e. The van der Waals surface area contributed by atoms with E-state index in [1.165, 1.54) is 7.11 Å². The van der Waals surface area contributed by atoms with Crippen LogP contribution in [0, 0.1) is 17.5 Å². The molecule has 0 saturated carbocycles. The number of benzene rings is 2. The van der Waals surface area contributed by atoms with Crippen LogP contribution in [0.25, 0.3) is 16.7 Å². The molecule has 2 N–H and O–H groups in total. The van der Waals surface area contributed by atoms with Crippen molar-refractivity contribution in [2.45, 2.75) is 0 Å². The van der Waals surface area contributed by atoms with Crippen LogP contribution in [0.3, 0.4) is 0 Å². The molecular weight excluding hydrogens is 283 g/mol. The van der Waals surface area contributed by atoms with Gasteiger partial charge in [0.1, 0.15) is 17.3 Å². The second-order valence-electron chi connectivity index (χ2n) is 4.38. The number of aromatic nitrogens is 2. The lowest BCUT2D eigenvalue weighted by Crippen LogP contribution is -2.06. The fourth-order valence-corrected chi connectivity index (χ4v) is 2.19. The molecule has 0 bridgehead atoms. The third-order valence-corrected chi connectivity index (χ3v) is 3.09. The molecule has 0 aliphatic rings. The number of nitrogens with zero attached hydrogens (tertiary/aromatic N) is 2. The summed E-state index contributed by atoms with van der Waals surface area (Å²) in [7, 11) is 1.49. The Morgan fingerprint density at radius 1 is 1.10 bits per heavy atom. The normalized spacial score (nSPS) is 11.0. The molecule has 0 aliphatic heterocycles. The van der Waals surface area contributed by atoms with Crippen LogP contribution >= 0.6 is 0 Å². The van der Waals surface area contributed by atoms with Gasteiger partial charge in [0.15, 0.2) is 11.6 Å². The number of fused-ring (bicyclic) bond motifs is 1. The van der Waals surface area contributed by atoms with Gasteiger partial charge in [-0.25, -0.2) is 18.2 Å². The molecular formula is C14H10F3N3O. The Bertz CT molecular complexity index is 822. The van der Waals surface area contributed by atoms with Gasteiger partial charge in [0.05, 0.1) is 18.1 Å². The molecule has 0 amide bonds. The summed E-state index contributed by atoms with van der Waals surface area (Å²) in [6.45, 7) is 0. The highest BCUT2D eigenvalue weighted by Gasteiger charge is 2.19. The van der Waals surface area contributed by atoms with Crippen LogP contribution < -0.4 is 10.5 Å². The van der Waals surface area contributed by atoms with Gasteiger partial charge in [0.25, 0.3) is 0 Å². The number of rotatable bonds is 2. The lowest BCUT2D eigenvalue weighted by molar-refractivity contribution is 0.415. The Hall–Kier alpha value is -2.70. The fourth-order valence-electron chi connectivity index (χ4n) is 2.19. The molecule has 0 fully saturated rings. The van der Waals surface area contributed by atoms with Crippen molar-refractivity contribution in [3.63, 3.8) is 0 Å². The van der Waals surface area contributed by atoms with E-state index < -0.39 is 23.1 Å². The van der Waals surface area contributed by atoms with Crippen molar-refractivity contribution < 1.29 is 17.9 Å². The minimum Gasteiger partial charge on any atom is -0.497 e. The van der Waals surface area contributed by atoms with Crippen LogP contribution in [0.2, 0.25) is 0 Å². The predicted octanol–water partition coefficient (Wildman–Crippen LogP) is 3.03. The van der Waals surface area contributed by atoms with Crippen LogP contribution in [-0.2, 0) is 0 Å². The summed E-state index contributed by atoms with van der Waals surface area (Å²) in [6.07, 6.45) is 0. The molecule has 0 radical (unpaired) electrons. The van der Waals surface area contributed by atoms with Crippen LogP contribution in [-0.4, -0.2) is 16.7 Å². The Morgan fingerprint density at radius 2 is 1.76 bits per heavy atom. The molecule has 0 atom stereocenters. The zero-order chi connectivity index (χ0) is 15.1. The second-order valence-corrected chi connectivity index (χ2v) is 4.38. The van der Waals surface area contributed by atoms with E-state index in [1.54, 1.807) is 18.2 Å². The van der Waals surface area contributed by atoms with Crippen LogP contribution in [0.1, 0.15) is 0 Å². The molecule has 0 spiro atoms. The average molecular weight is 293 g/mol. The number of anilines is 1. The predicted molar refractivity (Wildman–Crippen MR) is 71.9 cm³/mol. The first-order valence-electron chi connectivity index (χ1n) is 5.98. The van der Waals surface area contributed by atoms with E-state index in [-0.39, 0.29) is 5.95 Å². The average Bonchev–Trinajstić information content (AvgIpc) is 2.73. The van der Waals surface area contributed by atoms with E-state index in [0.717, 1.165) is 4.57 Å². The summed E-state index contributed by atoms with van der Waals surface area (Å²) in [5, 5.41) is 0. The molecule has 1 aromatic heterocycles. The van der Waals surface area contributed by atoms with Crippen molar-refractivity contribution in [2.24, 2.45) is 0 Å². The first-order valence-corrected chi connectivity index (χ1v) is 5.98. The molecule has 2 aromatic carbocycles. The van der Waals surface area contributed by atoms with Crippen molar-refractivity contribution in [1.29, 1.82) is 0 Å². The third-order valence-electron chi connectivity index (χ3n) is 3.09. The summed E-state index contributed by atoms with van der Waals surface area (Å²) in [5.41, 5.74) is 6.06. The van der Waals surface area contributed by atoms with Gasteiger partial charge in [-0.3, -0.25) is 4.57 Å². The van der Waals surface area contributed by atoms with Gasteiger partial charge < -0.3 is 10.5 Å². The minimum absolute atomic E-state index is 0.109. The Labute approximate surface area is 117 Å². The number of nitrogen functional groups attached to an aromatic ring is 1. The molecule has 0 unspecified atom stereocenters. The Morgan fingerprint density at radius 3 is 2.38 bits per heavy atom. The largest absolute Gasteiger partial charge is 0.497 e. The standard InChI is InChI=1S/C14H10F3N3O/c1-21-8-2-3-12-11(6-8)19-14(18)20(12)13-9(16)4-7(15)5-10(13)17/h2-6H,1H3,(H2,18,19). The summed E-state index contributed by atoms with van der Waals surface area (Å²) < 4.78 is 47.0. The SMILES string of the molecule is COc1ccc2c(c1)nc(N)n2-c1c(F)cc(F)cc1F. The first kappa shape index (κ1) is 13.3. The number of hydrogen-bond donors (Lipinski definition) is 1. The number of halogens is 3. The fraction of sp³-hybridized carbons (Fsp3) is 0.0714. The molecule has 108 valence electrons. The monoisotopic (exact) mass is 293 g/mol. The van der Waals surface area contributed by atoms with Gasteiger partial charge in [-0.1, -0.05) is 0 Å². The van der Waals surface area contributed by atoms with Gasteiger partial charge in [0.2, 0.25) is 5.95 Å². The maximum atomic E-state index is 13.9. The quantitative estimate of drug-likeness (QED) is 0.790. The highest BCUT2D eigenvalue weighted by Crippen LogP contribution is 2.29. The van der Waals surface area contributed by atoms with Gasteiger partial charge >= 0.3 is 0 Å². The highest BCUT2D eigenvalue weighted by atomic mass is 19.1. The van der Waals surface area contributed by atoms with Crippen LogP contribution in [0.4, 0.5) is 19.1 Å². The number of imidazole rings is 1. The molecule has 1 heterocycles. The van der Waals surface area contributed by atoms with Gasteiger partial charge in [0, 0.05) is 18.2 Å². The van der Waals surface area contributed by atoms with Crippen molar-refractivity contribution in [2.75, 3.05) is 12.8 Å². The van der Waals surface area contributed by atoms with Gasteiger partial charge in [-0.15, -0.1) is 0 Å². The molecule has 3 rings (SSSR count). The molecule has 0 saturated heterocycles. The van der Waals surface area contributed by atoms with E-state index in [4.69, 9.17) is 10.5 Å². The first-order chi connectivity index (χ1) is 10.0. The molecule has 0 aliphatic carbocycles. The third kappa shape index (κ3) is 2.06. The molecule has 4 nitrogen and oxygen atoms in total. The van der Waals surface area contributed by atoms with Crippen molar-refractivity contribution in [1.82, 2.24) is 9.55 Å². The maximum absolute atomic E-state index is 13.9. The smallest absolute Gasteiger partial charge is 0.206 e. The summed E-state index contributed by atoms with van der Waals surface area (Å²) in [4.78, 5) is 4.04. The van der Waals surface area contributed by atoms with Gasteiger partial charge in [-0.05, 0) is 12.1 Å². The van der Waals surface area contributed by atoms with E-state index in [0.29, 0.717) is 28.9 Å². The van der Waals surface area contributed by atoms with Crippen LogP contribution in [0.5, 0.6) is 5.75 Å². The minimum atomic E-state index is -1.06. The number of hydrogen-bond acceptors (Lipinski definition) is 3. The van der Waals surface area contributed by atoms with Crippen molar-refractivity contribution in [3.8, 4) is 11.4 Å². The Kier molecular flexibility index (Phi) is 2.97. The van der Waals surface area contributed by atoms with E-state index in [1.807, 2.05) is 0 Å². The Balaban J connectivity index is 2.33.